The Morgan fingerprint density at radius 1 is 0.905 bits per heavy atom. The Morgan fingerprint density at radius 2 is 1.71 bits per heavy atom. The second-order valence-corrected chi connectivity index (χ2v) is 5.68. The van der Waals surface area contributed by atoms with Crippen LogP contribution in [0, 0.1) is 0 Å². The highest BCUT2D eigenvalue weighted by Gasteiger charge is 2.09. The van der Waals surface area contributed by atoms with Gasteiger partial charge in [0.15, 0.2) is 0 Å². The summed E-state index contributed by atoms with van der Waals surface area (Å²) < 4.78 is 0. The standard InChI is InChI=1S/C19H20N2/c1-14(21(2)3)15-6-4-7-16(12-15)17-9-10-19-18(13-17)8-5-11-20-19/h4-14H,1-3H3. The molecule has 0 amide bonds. The maximum absolute atomic E-state index is 4.38. The van der Waals surface area contributed by atoms with Crippen molar-refractivity contribution >= 4 is 10.9 Å². The van der Waals surface area contributed by atoms with Crippen LogP contribution in [0.25, 0.3) is 22.0 Å². The molecule has 0 aliphatic rings. The Kier molecular flexibility index (Phi) is 3.72. The number of rotatable bonds is 3. The lowest BCUT2D eigenvalue weighted by atomic mass is 9.98. The lowest BCUT2D eigenvalue weighted by Gasteiger charge is -2.20. The fraction of sp³-hybridized carbons (Fsp3) is 0.211. The van der Waals surface area contributed by atoms with E-state index in [1.807, 2.05) is 12.3 Å². The topological polar surface area (TPSA) is 16.1 Å². The summed E-state index contributed by atoms with van der Waals surface area (Å²) in [6, 6.07) is 19.7. The van der Waals surface area contributed by atoms with Crippen LogP contribution in [0.5, 0.6) is 0 Å². The van der Waals surface area contributed by atoms with E-state index in [0.717, 1.165) is 5.52 Å². The zero-order chi connectivity index (χ0) is 14.8. The minimum Gasteiger partial charge on any atom is -0.303 e. The van der Waals surface area contributed by atoms with E-state index in [1.165, 1.54) is 22.1 Å². The molecule has 2 nitrogen and oxygen atoms in total. The number of nitrogens with zero attached hydrogens (tertiary/aromatic N) is 2. The van der Waals surface area contributed by atoms with Crippen molar-refractivity contribution in [2.45, 2.75) is 13.0 Å². The molecule has 0 fully saturated rings. The van der Waals surface area contributed by atoms with Crippen LogP contribution in [0.1, 0.15) is 18.5 Å². The smallest absolute Gasteiger partial charge is 0.0702 e. The minimum absolute atomic E-state index is 0.409. The summed E-state index contributed by atoms with van der Waals surface area (Å²) in [4.78, 5) is 6.60. The zero-order valence-corrected chi connectivity index (χ0v) is 12.7. The van der Waals surface area contributed by atoms with E-state index in [0.29, 0.717) is 6.04 Å². The Labute approximate surface area is 126 Å². The molecule has 106 valence electrons. The van der Waals surface area contributed by atoms with Crippen molar-refractivity contribution in [3.8, 4) is 11.1 Å². The van der Waals surface area contributed by atoms with E-state index in [4.69, 9.17) is 0 Å². The van der Waals surface area contributed by atoms with Crippen LogP contribution in [0.3, 0.4) is 0 Å². The molecule has 1 atom stereocenters. The second kappa shape index (κ2) is 5.66. The molecule has 1 aromatic heterocycles. The van der Waals surface area contributed by atoms with E-state index < -0.39 is 0 Å². The third-order valence-corrected chi connectivity index (χ3v) is 4.08. The van der Waals surface area contributed by atoms with Gasteiger partial charge in [0.25, 0.3) is 0 Å². The molecule has 3 rings (SSSR count). The van der Waals surface area contributed by atoms with Crippen LogP contribution in [0.2, 0.25) is 0 Å². The lowest BCUT2D eigenvalue weighted by molar-refractivity contribution is 0.321. The van der Waals surface area contributed by atoms with Crippen molar-refractivity contribution in [1.29, 1.82) is 0 Å². The molecule has 0 saturated heterocycles. The van der Waals surface area contributed by atoms with E-state index in [1.54, 1.807) is 0 Å². The molecule has 2 heteroatoms. The van der Waals surface area contributed by atoms with Crippen LogP contribution in [-0.2, 0) is 0 Å². The first-order valence-corrected chi connectivity index (χ1v) is 7.27. The fourth-order valence-corrected chi connectivity index (χ4v) is 2.53. The van der Waals surface area contributed by atoms with Gasteiger partial charge in [0.05, 0.1) is 5.52 Å². The van der Waals surface area contributed by atoms with Crippen molar-refractivity contribution in [2.24, 2.45) is 0 Å². The van der Waals surface area contributed by atoms with E-state index in [-0.39, 0.29) is 0 Å². The predicted molar refractivity (Wildman–Crippen MR) is 89.3 cm³/mol. The third-order valence-electron chi connectivity index (χ3n) is 4.08. The number of aromatic nitrogens is 1. The van der Waals surface area contributed by atoms with Gasteiger partial charge in [-0.2, -0.15) is 0 Å². The monoisotopic (exact) mass is 276 g/mol. The van der Waals surface area contributed by atoms with Gasteiger partial charge >= 0.3 is 0 Å². The summed E-state index contributed by atoms with van der Waals surface area (Å²) in [6.07, 6.45) is 1.83. The SMILES string of the molecule is CC(c1cccc(-c2ccc3ncccc3c2)c1)N(C)C. The molecule has 0 aliphatic heterocycles. The number of hydrogen-bond acceptors (Lipinski definition) is 2. The quantitative estimate of drug-likeness (QED) is 0.699. The maximum atomic E-state index is 4.38. The first-order valence-electron chi connectivity index (χ1n) is 7.27. The molecule has 0 N–H and O–H groups in total. The molecule has 0 spiro atoms. The maximum Gasteiger partial charge on any atom is 0.0702 e. The Bertz CT molecular complexity index is 762. The van der Waals surface area contributed by atoms with E-state index in [2.05, 4.69) is 79.4 Å². The Balaban J connectivity index is 2.04. The second-order valence-electron chi connectivity index (χ2n) is 5.68. The fourth-order valence-electron chi connectivity index (χ4n) is 2.53. The molecular formula is C19H20N2. The number of pyridine rings is 1. The van der Waals surface area contributed by atoms with Gasteiger partial charge in [-0.15, -0.1) is 0 Å². The molecule has 3 aromatic rings. The first-order chi connectivity index (χ1) is 10.1. The average molecular weight is 276 g/mol. The highest BCUT2D eigenvalue weighted by molar-refractivity contribution is 5.84. The van der Waals surface area contributed by atoms with Crippen LogP contribution >= 0.6 is 0 Å². The van der Waals surface area contributed by atoms with Gasteiger partial charge in [-0.05, 0) is 62.0 Å². The normalized spacial score (nSPS) is 12.8. The summed E-state index contributed by atoms with van der Waals surface area (Å²) in [6.45, 7) is 2.23. The summed E-state index contributed by atoms with van der Waals surface area (Å²) in [5, 5.41) is 1.18. The van der Waals surface area contributed by atoms with Gasteiger partial charge < -0.3 is 4.90 Å². The van der Waals surface area contributed by atoms with Crippen LogP contribution < -0.4 is 0 Å². The summed E-state index contributed by atoms with van der Waals surface area (Å²) in [5.41, 5.74) is 4.87. The van der Waals surface area contributed by atoms with Gasteiger partial charge in [0, 0.05) is 17.6 Å². The van der Waals surface area contributed by atoms with Crippen molar-refractivity contribution < 1.29 is 0 Å². The van der Waals surface area contributed by atoms with Crippen LogP contribution in [-0.4, -0.2) is 24.0 Å². The predicted octanol–water partition coefficient (Wildman–Crippen LogP) is 4.52. The third kappa shape index (κ3) is 2.81. The molecule has 21 heavy (non-hydrogen) atoms. The summed E-state index contributed by atoms with van der Waals surface area (Å²) >= 11 is 0. The van der Waals surface area contributed by atoms with Crippen molar-refractivity contribution in [3.05, 3.63) is 66.4 Å². The zero-order valence-electron chi connectivity index (χ0n) is 12.7. The van der Waals surface area contributed by atoms with Crippen LogP contribution in [0.15, 0.2) is 60.8 Å². The summed E-state index contributed by atoms with van der Waals surface area (Å²) in [5.74, 6) is 0. The molecule has 0 radical (unpaired) electrons. The number of hydrogen-bond donors (Lipinski definition) is 0. The molecule has 1 unspecified atom stereocenters. The van der Waals surface area contributed by atoms with Gasteiger partial charge in [-0.1, -0.05) is 30.3 Å². The molecule has 0 aliphatic carbocycles. The van der Waals surface area contributed by atoms with Gasteiger partial charge in [-0.25, -0.2) is 0 Å². The molecule has 2 aromatic carbocycles. The average Bonchev–Trinajstić information content (AvgIpc) is 2.53. The van der Waals surface area contributed by atoms with Gasteiger partial charge in [-0.3, -0.25) is 4.98 Å². The van der Waals surface area contributed by atoms with Gasteiger partial charge in [0.2, 0.25) is 0 Å². The van der Waals surface area contributed by atoms with Crippen molar-refractivity contribution in [3.63, 3.8) is 0 Å². The molecule has 0 saturated carbocycles. The largest absolute Gasteiger partial charge is 0.303 e. The minimum atomic E-state index is 0.409. The molecule has 1 heterocycles. The molecular weight excluding hydrogens is 256 g/mol. The van der Waals surface area contributed by atoms with Crippen molar-refractivity contribution in [1.82, 2.24) is 9.88 Å². The first kappa shape index (κ1) is 13.8. The number of benzene rings is 2. The van der Waals surface area contributed by atoms with Gasteiger partial charge in [0.1, 0.15) is 0 Å². The Hall–Kier alpha value is -2.19. The van der Waals surface area contributed by atoms with E-state index >= 15 is 0 Å². The molecule has 0 bridgehead atoms. The number of fused-ring (bicyclic) bond motifs is 1. The van der Waals surface area contributed by atoms with Crippen molar-refractivity contribution in [2.75, 3.05) is 14.1 Å². The lowest BCUT2D eigenvalue weighted by Crippen LogP contribution is -2.16. The van der Waals surface area contributed by atoms with Crippen LogP contribution in [0.4, 0.5) is 0 Å². The highest BCUT2D eigenvalue weighted by Crippen LogP contribution is 2.27. The Morgan fingerprint density at radius 3 is 2.52 bits per heavy atom. The van der Waals surface area contributed by atoms with E-state index in [9.17, 15) is 0 Å². The highest BCUT2D eigenvalue weighted by atomic mass is 15.1. The summed E-state index contributed by atoms with van der Waals surface area (Å²) in [7, 11) is 4.22.